The molecule has 0 aromatic heterocycles. The average molecular weight is 179 g/mol. The van der Waals surface area contributed by atoms with E-state index in [1.807, 2.05) is 6.07 Å². The normalized spacial score (nSPS) is 9.21. The van der Waals surface area contributed by atoms with E-state index in [0.29, 0.717) is 0 Å². The van der Waals surface area contributed by atoms with E-state index in [4.69, 9.17) is 0 Å². The van der Waals surface area contributed by atoms with Crippen LogP contribution in [-0.4, -0.2) is 8.41 Å². The van der Waals surface area contributed by atoms with E-state index in [0.717, 1.165) is 0 Å². The van der Waals surface area contributed by atoms with Crippen molar-refractivity contribution in [3.63, 3.8) is 0 Å². The lowest BCUT2D eigenvalue weighted by molar-refractivity contribution is 1.47. The number of rotatable bonds is 1. The van der Waals surface area contributed by atoms with E-state index in [-0.39, 0.29) is 8.41 Å². The highest BCUT2D eigenvalue weighted by molar-refractivity contribution is 5.75. The SMILES string of the molecule is Cc1cccc(-c2ccccc2)c1.[B]. The van der Waals surface area contributed by atoms with E-state index < -0.39 is 0 Å². The molecule has 0 N–H and O–H groups in total. The fraction of sp³-hybridized carbons (Fsp3) is 0.0769. The molecule has 0 nitrogen and oxygen atoms in total. The van der Waals surface area contributed by atoms with E-state index in [1.54, 1.807) is 0 Å². The Hall–Kier alpha value is -1.50. The van der Waals surface area contributed by atoms with Crippen molar-refractivity contribution in [1.29, 1.82) is 0 Å². The molecule has 0 aliphatic heterocycles. The van der Waals surface area contributed by atoms with Crippen molar-refractivity contribution in [2.45, 2.75) is 6.92 Å². The second-order valence-corrected chi connectivity index (χ2v) is 3.24. The van der Waals surface area contributed by atoms with Crippen molar-refractivity contribution >= 4 is 8.41 Å². The molecule has 0 bridgehead atoms. The molecular formula is C13H12B. The predicted molar refractivity (Wildman–Crippen MR) is 62.4 cm³/mol. The van der Waals surface area contributed by atoms with Crippen LogP contribution in [0.25, 0.3) is 11.1 Å². The standard InChI is InChI=1S/C13H12.B/c1-11-6-5-9-13(10-11)12-7-3-2-4-8-12;/h2-10H,1H3;. The van der Waals surface area contributed by atoms with Crippen LogP contribution in [0.3, 0.4) is 0 Å². The van der Waals surface area contributed by atoms with Crippen molar-refractivity contribution in [3.8, 4) is 11.1 Å². The van der Waals surface area contributed by atoms with Gasteiger partial charge in [-0.15, -0.1) is 0 Å². The minimum Gasteiger partial charge on any atom is -0.0622 e. The number of hydrogen-bond acceptors (Lipinski definition) is 0. The predicted octanol–water partition coefficient (Wildman–Crippen LogP) is 3.28. The third-order valence-corrected chi connectivity index (χ3v) is 2.13. The molecule has 3 radical (unpaired) electrons. The molecule has 0 spiro atoms. The Labute approximate surface area is 87.2 Å². The molecule has 0 heterocycles. The Bertz CT molecular complexity index is 393. The minimum absolute atomic E-state index is 0. The van der Waals surface area contributed by atoms with Gasteiger partial charge in [0.2, 0.25) is 0 Å². The van der Waals surface area contributed by atoms with Gasteiger partial charge in [-0.2, -0.15) is 0 Å². The fourth-order valence-corrected chi connectivity index (χ4v) is 1.46. The minimum atomic E-state index is 0. The van der Waals surface area contributed by atoms with Gasteiger partial charge in [0.25, 0.3) is 0 Å². The van der Waals surface area contributed by atoms with E-state index in [9.17, 15) is 0 Å². The summed E-state index contributed by atoms with van der Waals surface area (Å²) in [5.74, 6) is 0. The summed E-state index contributed by atoms with van der Waals surface area (Å²) in [6, 6.07) is 19.0. The van der Waals surface area contributed by atoms with Gasteiger partial charge in [-0.05, 0) is 18.1 Å². The van der Waals surface area contributed by atoms with Gasteiger partial charge in [0.15, 0.2) is 0 Å². The number of aryl methyl sites for hydroxylation is 1. The molecule has 14 heavy (non-hydrogen) atoms. The largest absolute Gasteiger partial charge is 0.0622 e. The molecule has 0 fully saturated rings. The van der Waals surface area contributed by atoms with Gasteiger partial charge in [-0.25, -0.2) is 0 Å². The van der Waals surface area contributed by atoms with Crippen LogP contribution in [0.15, 0.2) is 54.6 Å². The summed E-state index contributed by atoms with van der Waals surface area (Å²) in [6.45, 7) is 2.12. The molecule has 0 amide bonds. The van der Waals surface area contributed by atoms with Crippen LogP contribution in [0.4, 0.5) is 0 Å². The lowest BCUT2D eigenvalue weighted by atomic mass is 10.0. The second kappa shape index (κ2) is 4.66. The van der Waals surface area contributed by atoms with Crippen molar-refractivity contribution < 1.29 is 0 Å². The van der Waals surface area contributed by atoms with Crippen LogP contribution < -0.4 is 0 Å². The van der Waals surface area contributed by atoms with Crippen LogP contribution in [0, 0.1) is 6.92 Å². The van der Waals surface area contributed by atoms with Gasteiger partial charge in [0.05, 0.1) is 0 Å². The Morgan fingerprint density at radius 2 is 1.36 bits per heavy atom. The van der Waals surface area contributed by atoms with E-state index in [1.165, 1.54) is 16.7 Å². The highest BCUT2D eigenvalue weighted by atomic mass is 14.0. The number of benzene rings is 2. The van der Waals surface area contributed by atoms with Crippen molar-refractivity contribution in [3.05, 3.63) is 60.2 Å². The average Bonchev–Trinajstić information content (AvgIpc) is 2.19. The third-order valence-electron chi connectivity index (χ3n) is 2.13. The lowest BCUT2D eigenvalue weighted by Gasteiger charge is -2.01. The van der Waals surface area contributed by atoms with Crippen LogP contribution in [0.2, 0.25) is 0 Å². The highest BCUT2D eigenvalue weighted by Crippen LogP contribution is 2.19. The molecule has 2 aromatic rings. The van der Waals surface area contributed by atoms with Gasteiger partial charge in [-0.1, -0.05) is 60.2 Å². The summed E-state index contributed by atoms with van der Waals surface area (Å²) >= 11 is 0. The topological polar surface area (TPSA) is 0 Å². The number of hydrogen-bond donors (Lipinski definition) is 0. The molecular weight excluding hydrogens is 167 g/mol. The summed E-state index contributed by atoms with van der Waals surface area (Å²) < 4.78 is 0. The Balaban J connectivity index is 0.000000980. The molecule has 0 unspecified atom stereocenters. The summed E-state index contributed by atoms with van der Waals surface area (Å²) in [5.41, 5.74) is 3.88. The second-order valence-electron chi connectivity index (χ2n) is 3.24. The Morgan fingerprint density at radius 3 is 2.00 bits per heavy atom. The van der Waals surface area contributed by atoms with Crippen LogP contribution in [0.5, 0.6) is 0 Å². The van der Waals surface area contributed by atoms with Crippen molar-refractivity contribution in [1.82, 2.24) is 0 Å². The first-order valence-electron chi connectivity index (χ1n) is 4.48. The van der Waals surface area contributed by atoms with Crippen molar-refractivity contribution in [2.24, 2.45) is 0 Å². The van der Waals surface area contributed by atoms with E-state index >= 15 is 0 Å². The Morgan fingerprint density at radius 1 is 0.714 bits per heavy atom. The maximum absolute atomic E-state index is 2.20. The molecule has 67 valence electrons. The molecule has 2 rings (SSSR count). The Kier molecular flexibility index (Phi) is 3.52. The van der Waals surface area contributed by atoms with Crippen LogP contribution in [-0.2, 0) is 0 Å². The van der Waals surface area contributed by atoms with Gasteiger partial charge < -0.3 is 0 Å². The lowest BCUT2D eigenvalue weighted by Crippen LogP contribution is -1.77. The van der Waals surface area contributed by atoms with Gasteiger partial charge >= 0.3 is 0 Å². The summed E-state index contributed by atoms with van der Waals surface area (Å²) in [7, 11) is 0. The smallest absolute Gasteiger partial charge is 0 e. The third kappa shape index (κ3) is 2.26. The first-order chi connectivity index (χ1) is 6.36. The monoisotopic (exact) mass is 179 g/mol. The maximum Gasteiger partial charge on any atom is 0 e. The first kappa shape index (κ1) is 10.6. The van der Waals surface area contributed by atoms with Gasteiger partial charge in [0, 0.05) is 8.41 Å². The molecule has 2 aromatic carbocycles. The van der Waals surface area contributed by atoms with Crippen LogP contribution >= 0.6 is 0 Å². The summed E-state index contributed by atoms with van der Waals surface area (Å²) in [4.78, 5) is 0. The quantitative estimate of drug-likeness (QED) is 0.589. The molecule has 0 aliphatic rings. The summed E-state index contributed by atoms with van der Waals surface area (Å²) in [6.07, 6.45) is 0. The summed E-state index contributed by atoms with van der Waals surface area (Å²) in [5, 5.41) is 0. The zero-order chi connectivity index (χ0) is 9.10. The van der Waals surface area contributed by atoms with Gasteiger partial charge in [-0.3, -0.25) is 0 Å². The molecule has 0 aliphatic carbocycles. The first-order valence-corrected chi connectivity index (χ1v) is 4.48. The molecule has 0 atom stereocenters. The van der Waals surface area contributed by atoms with Crippen molar-refractivity contribution in [2.75, 3.05) is 0 Å². The van der Waals surface area contributed by atoms with Gasteiger partial charge in [0.1, 0.15) is 0 Å². The van der Waals surface area contributed by atoms with E-state index in [2.05, 4.69) is 55.5 Å². The zero-order valence-corrected chi connectivity index (χ0v) is 8.27. The van der Waals surface area contributed by atoms with Crippen LogP contribution in [0.1, 0.15) is 5.56 Å². The molecule has 0 saturated heterocycles. The molecule has 1 heteroatoms. The highest BCUT2D eigenvalue weighted by Gasteiger charge is 1.94. The fourth-order valence-electron chi connectivity index (χ4n) is 1.46. The zero-order valence-electron chi connectivity index (χ0n) is 8.27. The molecule has 0 saturated carbocycles. The maximum atomic E-state index is 2.20.